The van der Waals surface area contributed by atoms with Gasteiger partial charge in [-0.05, 0) is 55.8 Å². The van der Waals surface area contributed by atoms with Crippen molar-refractivity contribution >= 4 is 27.3 Å². The van der Waals surface area contributed by atoms with Crippen molar-refractivity contribution in [1.29, 1.82) is 0 Å². The number of carbonyl (C=O) groups excluding carboxylic acids is 1. The van der Waals surface area contributed by atoms with Gasteiger partial charge in [0.15, 0.2) is 0 Å². The highest BCUT2D eigenvalue weighted by molar-refractivity contribution is 7.92. The molecule has 0 heterocycles. The summed E-state index contributed by atoms with van der Waals surface area (Å²) in [5, 5.41) is 2.82. The average Bonchev–Trinajstić information content (AvgIpc) is 2.70. The Kier molecular flexibility index (Phi) is 6.19. The summed E-state index contributed by atoms with van der Waals surface area (Å²) < 4.78 is 33.2. The molecule has 0 saturated carbocycles. The third-order valence-electron chi connectivity index (χ3n) is 4.28. The summed E-state index contributed by atoms with van der Waals surface area (Å²) in [6.07, 6.45) is 0. The van der Waals surface area contributed by atoms with Crippen LogP contribution in [0.1, 0.15) is 22.8 Å². The molecule has 3 rings (SSSR count). The van der Waals surface area contributed by atoms with Gasteiger partial charge in [0.05, 0.1) is 17.2 Å². The zero-order valence-corrected chi connectivity index (χ0v) is 17.0. The number of ether oxygens (including phenoxy) is 1. The maximum absolute atomic E-state index is 12.8. The minimum Gasteiger partial charge on any atom is -0.494 e. The number of carbonyl (C=O) groups is 1. The first-order chi connectivity index (χ1) is 13.9. The van der Waals surface area contributed by atoms with E-state index in [1.165, 1.54) is 12.1 Å². The van der Waals surface area contributed by atoms with Crippen LogP contribution in [-0.4, -0.2) is 20.9 Å². The molecular formula is C22H22N2O4S. The second-order valence-electron chi connectivity index (χ2n) is 6.31. The van der Waals surface area contributed by atoms with Crippen LogP contribution in [0.25, 0.3) is 0 Å². The number of amides is 1. The third-order valence-corrected chi connectivity index (χ3v) is 5.66. The van der Waals surface area contributed by atoms with Gasteiger partial charge < -0.3 is 10.1 Å². The molecule has 0 aliphatic heterocycles. The molecule has 150 valence electrons. The van der Waals surface area contributed by atoms with Crippen LogP contribution < -0.4 is 14.8 Å². The van der Waals surface area contributed by atoms with Gasteiger partial charge in [-0.2, -0.15) is 0 Å². The Balaban J connectivity index is 1.83. The van der Waals surface area contributed by atoms with Crippen molar-refractivity contribution in [2.75, 3.05) is 16.6 Å². The lowest BCUT2D eigenvalue weighted by Gasteiger charge is -2.14. The van der Waals surface area contributed by atoms with Gasteiger partial charge in [0, 0.05) is 17.3 Å². The topological polar surface area (TPSA) is 84.5 Å². The van der Waals surface area contributed by atoms with Gasteiger partial charge in [-0.25, -0.2) is 8.42 Å². The summed E-state index contributed by atoms with van der Waals surface area (Å²) in [6.45, 7) is 4.12. The number of hydrogen-bond acceptors (Lipinski definition) is 4. The Bertz CT molecular complexity index is 1110. The zero-order valence-electron chi connectivity index (χ0n) is 16.2. The molecule has 29 heavy (non-hydrogen) atoms. The molecule has 0 radical (unpaired) electrons. The number of sulfonamides is 1. The highest BCUT2D eigenvalue weighted by Crippen LogP contribution is 2.24. The second-order valence-corrected chi connectivity index (χ2v) is 7.99. The van der Waals surface area contributed by atoms with Crippen LogP contribution >= 0.6 is 0 Å². The molecule has 1 amide bonds. The van der Waals surface area contributed by atoms with E-state index in [-0.39, 0.29) is 10.8 Å². The Morgan fingerprint density at radius 1 is 0.966 bits per heavy atom. The molecule has 0 saturated heterocycles. The quantitative estimate of drug-likeness (QED) is 0.603. The van der Waals surface area contributed by atoms with Crippen molar-refractivity contribution in [2.45, 2.75) is 18.7 Å². The van der Waals surface area contributed by atoms with E-state index < -0.39 is 10.0 Å². The van der Waals surface area contributed by atoms with Crippen molar-refractivity contribution in [2.24, 2.45) is 0 Å². The summed E-state index contributed by atoms with van der Waals surface area (Å²) in [6, 6.07) is 20.1. The lowest BCUT2D eigenvalue weighted by molar-refractivity contribution is 0.102. The van der Waals surface area contributed by atoms with Gasteiger partial charge in [-0.3, -0.25) is 9.52 Å². The molecular weight excluding hydrogens is 388 g/mol. The zero-order chi connectivity index (χ0) is 20.9. The molecule has 0 fully saturated rings. The molecule has 0 spiro atoms. The third kappa shape index (κ3) is 4.94. The van der Waals surface area contributed by atoms with Crippen LogP contribution in [0.15, 0.2) is 77.7 Å². The molecule has 0 bridgehead atoms. The fraction of sp³-hybridized carbons (Fsp3) is 0.136. The first-order valence-corrected chi connectivity index (χ1v) is 10.6. The van der Waals surface area contributed by atoms with Crippen LogP contribution in [0.3, 0.4) is 0 Å². The predicted octanol–water partition coefficient (Wildman–Crippen LogP) is 4.45. The number of rotatable bonds is 7. The molecule has 0 aromatic heterocycles. The monoisotopic (exact) mass is 410 g/mol. The normalized spacial score (nSPS) is 11.0. The highest BCUT2D eigenvalue weighted by atomic mass is 32.2. The largest absolute Gasteiger partial charge is 0.494 e. The van der Waals surface area contributed by atoms with Crippen molar-refractivity contribution in [3.8, 4) is 5.75 Å². The lowest BCUT2D eigenvalue weighted by atomic mass is 10.1. The number of hydrogen-bond donors (Lipinski definition) is 2. The van der Waals surface area contributed by atoms with E-state index in [4.69, 9.17) is 4.74 Å². The minimum atomic E-state index is -3.75. The molecule has 0 unspecified atom stereocenters. The molecule has 0 aliphatic rings. The highest BCUT2D eigenvalue weighted by Gasteiger charge is 2.18. The fourth-order valence-corrected chi connectivity index (χ4v) is 3.97. The van der Waals surface area contributed by atoms with Crippen LogP contribution in [0.4, 0.5) is 11.4 Å². The molecule has 3 aromatic rings. The summed E-state index contributed by atoms with van der Waals surface area (Å²) in [4.78, 5) is 12.9. The van der Waals surface area contributed by atoms with Crippen molar-refractivity contribution in [1.82, 2.24) is 0 Å². The van der Waals surface area contributed by atoms with E-state index in [1.54, 1.807) is 61.5 Å². The summed E-state index contributed by atoms with van der Waals surface area (Å²) in [5.41, 5.74) is 1.85. The number of nitrogens with one attached hydrogen (secondary N) is 2. The van der Waals surface area contributed by atoms with Gasteiger partial charge >= 0.3 is 0 Å². The van der Waals surface area contributed by atoms with Gasteiger partial charge in [0.1, 0.15) is 5.75 Å². The SMILES string of the molecule is CCOc1cccc(NC(=O)c2cccc(NS(=O)(=O)c3ccccc3)c2C)c1. The van der Waals surface area contributed by atoms with Crippen molar-refractivity contribution in [3.05, 3.63) is 83.9 Å². The maximum Gasteiger partial charge on any atom is 0.261 e. The van der Waals surface area contributed by atoms with E-state index in [0.717, 1.165) is 0 Å². The molecule has 2 N–H and O–H groups in total. The van der Waals surface area contributed by atoms with Crippen molar-refractivity contribution < 1.29 is 17.9 Å². The second kappa shape index (κ2) is 8.79. The van der Waals surface area contributed by atoms with Gasteiger partial charge in [-0.1, -0.05) is 30.3 Å². The predicted molar refractivity (Wildman–Crippen MR) is 114 cm³/mol. The Morgan fingerprint density at radius 2 is 1.69 bits per heavy atom. The molecule has 6 nitrogen and oxygen atoms in total. The summed E-state index contributed by atoms with van der Waals surface area (Å²) in [7, 11) is -3.75. The number of anilines is 2. The molecule has 7 heteroatoms. The average molecular weight is 410 g/mol. The molecule has 0 atom stereocenters. The summed E-state index contributed by atoms with van der Waals surface area (Å²) >= 11 is 0. The Labute approximate surface area is 170 Å². The first kappa shape index (κ1) is 20.4. The van der Waals surface area contributed by atoms with E-state index in [0.29, 0.717) is 34.9 Å². The Hall–Kier alpha value is -3.32. The van der Waals surface area contributed by atoms with Gasteiger partial charge in [0.2, 0.25) is 0 Å². The lowest BCUT2D eigenvalue weighted by Crippen LogP contribution is -2.17. The van der Waals surface area contributed by atoms with Gasteiger partial charge in [0.25, 0.3) is 15.9 Å². The van der Waals surface area contributed by atoms with Crippen LogP contribution in [0.2, 0.25) is 0 Å². The fourth-order valence-electron chi connectivity index (χ4n) is 2.82. The maximum atomic E-state index is 12.8. The number of benzene rings is 3. The van der Waals surface area contributed by atoms with E-state index in [2.05, 4.69) is 10.0 Å². The van der Waals surface area contributed by atoms with Crippen molar-refractivity contribution in [3.63, 3.8) is 0 Å². The van der Waals surface area contributed by atoms with Crippen LogP contribution in [0.5, 0.6) is 5.75 Å². The first-order valence-electron chi connectivity index (χ1n) is 9.12. The van der Waals surface area contributed by atoms with Crippen LogP contribution in [0, 0.1) is 6.92 Å². The smallest absolute Gasteiger partial charge is 0.261 e. The molecule has 0 aliphatic carbocycles. The van der Waals surface area contributed by atoms with E-state index in [1.807, 2.05) is 13.0 Å². The van der Waals surface area contributed by atoms with E-state index in [9.17, 15) is 13.2 Å². The minimum absolute atomic E-state index is 0.155. The standard InChI is InChI=1S/C22H22N2O4S/c1-3-28-18-10-7-9-17(15-18)23-22(25)20-13-8-14-21(16(20)2)24-29(26,27)19-11-5-4-6-12-19/h4-15,24H,3H2,1-2H3,(H,23,25). The molecule has 3 aromatic carbocycles. The van der Waals surface area contributed by atoms with Crippen LogP contribution in [-0.2, 0) is 10.0 Å². The summed E-state index contributed by atoms with van der Waals surface area (Å²) in [5.74, 6) is 0.323. The van der Waals surface area contributed by atoms with E-state index >= 15 is 0 Å². The van der Waals surface area contributed by atoms with Gasteiger partial charge in [-0.15, -0.1) is 0 Å². The Morgan fingerprint density at radius 3 is 2.41 bits per heavy atom.